The minimum Gasteiger partial charge on any atom is -0.355 e. The molecule has 0 atom stereocenters. The van der Waals surface area contributed by atoms with Gasteiger partial charge in [0.1, 0.15) is 0 Å². The second kappa shape index (κ2) is 8.93. The lowest BCUT2D eigenvalue weighted by Gasteiger charge is -2.25. The van der Waals surface area contributed by atoms with Gasteiger partial charge in [-0.2, -0.15) is 0 Å². The van der Waals surface area contributed by atoms with Gasteiger partial charge in [-0.25, -0.2) is 0 Å². The molecule has 2 aliphatic rings. The quantitative estimate of drug-likeness (QED) is 0.618. The predicted molar refractivity (Wildman–Crippen MR) is 99.5 cm³/mol. The first-order chi connectivity index (χ1) is 11.8. The van der Waals surface area contributed by atoms with Crippen molar-refractivity contribution >= 4 is 46.5 Å². The largest absolute Gasteiger partial charge is 0.355 e. The van der Waals surface area contributed by atoms with Crippen LogP contribution in [0.2, 0.25) is 0 Å². The van der Waals surface area contributed by atoms with Crippen LogP contribution in [0.15, 0.2) is 0 Å². The summed E-state index contributed by atoms with van der Waals surface area (Å²) in [5.74, 6) is 0.582. The molecule has 25 heavy (non-hydrogen) atoms. The molecule has 0 aromatic rings. The molecule has 2 rings (SSSR count). The lowest BCUT2D eigenvalue weighted by atomic mass is 9.85. The molecular weight excluding hydrogens is 362 g/mol. The van der Waals surface area contributed by atoms with Gasteiger partial charge in [-0.15, -0.1) is 11.8 Å². The van der Waals surface area contributed by atoms with Crippen LogP contribution < -0.4 is 10.6 Å². The van der Waals surface area contributed by atoms with Crippen LogP contribution in [-0.2, 0) is 14.4 Å². The number of nitrogens with one attached hydrogen (secondary N) is 2. The molecule has 1 aliphatic heterocycles. The van der Waals surface area contributed by atoms with Crippen LogP contribution in [0.4, 0.5) is 4.79 Å². The molecule has 2 N–H and O–H groups in total. The second-order valence-corrected chi connectivity index (χ2v) is 9.34. The first kappa shape index (κ1) is 20.1. The molecule has 0 unspecified atom stereocenters. The van der Waals surface area contributed by atoms with E-state index >= 15 is 0 Å². The summed E-state index contributed by atoms with van der Waals surface area (Å²) < 4.78 is -0.732. The van der Waals surface area contributed by atoms with E-state index in [-0.39, 0.29) is 47.6 Å². The van der Waals surface area contributed by atoms with Crippen LogP contribution in [0.5, 0.6) is 0 Å². The molecule has 0 aromatic heterocycles. The van der Waals surface area contributed by atoms with Gasteiger partial charge in [0.05, 0.1) is 16.3 Å². The predicted octanol–water partition coefficient (Wildman–Crippen LogP) is 1.23. The van der Waals surface area contributed by atoms with E-state index in [1.165, 1.54) is 35.9 Å². The van der Waals surface area contributed by atoms with E-state index in [1.54, 1.807) is 13.8 Å². The Hall–Kier alpha value is -1.22. The van der Waals surface area contributed by atoms with Gasteiger partial charge in [-0.3, -0.25) is 24.1 Å². The first-order valence-corrected chi connectivity index (χ1v) is 10.4. The standard InChI is InChI=1S/C16H25N3O4S2/c1-16(2)14(22)19(15(23)25-16)7-6-17-12(20)9-24-10-13(21)18-8-11-4-3-5-11/h11H,3-10H2,1-2H3,(H,17,20)(H,18,21). The van der Waals surface area contributed by atoms with E-state index in [2.05, 4.69) is 10.6 Å². The van der Waals surface area contributed by atoms with Crippen molar-refractivity contribution in [2.24, 2.45) is 5.92 Å². The number of hydrogen-bond donors (Lipinski definition) is 2. The molecule has 1 saturated carbocycles. The van der Waals surface area contributed by atoms with Gasteiger partial charge in [-0.05, 0) is 44.4 Å². The van der Waals surface area contributed by atoms with Crippen molar-refractivity contribution in [1.29, 1.82) is 0 Å². The zero-order chi connectivity index (χ0) is 18.4. The number of rotatable bonds is 9. The number of carbonyl (C=O) groups is 4. The van der Waals surface area contributed by atoms with Gasteiger partial charge >= 0.3 is 0 Å². The molecule has 9 heteroatoms. The van der Waals surface area contributed by atoms with Crippen LogP contribution in [0.3, 0.4) is 0 Å². The molecule has 0 aromatic carbocycles. The van der Waals surface area contributed by atoms with Crippen molar-refractivity contribution in [3.8, 4) is 0 Å². The average molecular weight is 388 g/mol. The molecule has 1 aliphatic carbocycles. The highest BCUT2D eigenvalue weighted by atomic mass is 32.2. The highest BCUT2D eigenvalue weighted by Gasteiger charge is 2.45. The Morgan fingerprint density at radius 1 is 1.20 bits per heavy atom. The van der Waals surface area contributed by atoms with Crippen molar-refractivity contribution in [3.05, 3.63) is 0 Å². The smallest absolute Gasteiger partial charge is 0.289 e. The van der Waals surface area contributed by atoms with Gasteiger partial charge in [0.15, 0.2) is 0 Å². The first-order valence-electron chi connectivity index (χ1n) is 8.45. The zero-order valence-electron chi connectivity index (χ0n) is 14.6. The highest BCUT2D eigenvalue weighted by Crippen LogP contribution is 2.36. The molecule has 0 spiro atoms. The van der Waals surface area contributed by atoms with Crippen LogP contribution >= 0.6 is 23.5 Å². The fourth-order valence-electron chi connectivity index (χ4n) is 2.52. The summed E-state index contributed by atoms with van der Waals surface area (Å²) in [4.78, 5) is 48.4. The lowest BCUT2D eigenvalue weighted by molar-refractivity contribution is -0.129. The molecule has 2 fully saturated rings. The average Bonchev–Trinajstić information content (AvgIpc) is 2.67. The fourth-order valence-corrected chi connectivity index (χ4v) is 4.11. The minimum atomic E-state index is -0.732. The Morgan fingerprint density at radius 3 is 2.36 bits per heavy atom. The second-order valence-electron chi connectivity index (χ2n) is 6.78. The van der Waals surface area contributed by atoms with Crippen molar-refractivity contribution < 1.29 is 19.2 Å². The van der Waals surface area contributed by atoms with Crippen molar-refractivity contribution in [1.82, 2.24) is 15.5 Å². The van der Waals surface area contributed by atoms with E-state index in [9.17, 15) is 19.2 Å². The molecule has 1 heterocycles. The summed E-state index contributed by atoms with van der Waals surface area (Å²) in [7, 11) is 0. The number of nitrogens with zero attached hydrogens (tertiary/aromatic N) is 1. The van der Waals surface area contributed by atoms with Crippen molar-refractivity contribution in [2.45, 2.75) is 37.9 Å². The van der Waals surface area contributed by atoms with E-state index in [0.717, 1.165) is 18.3 Å². The van der Waals surface area contributed by atoms with Crippen molar-refractivity contribution in [3.63, 3.8) is 0 Å². The third-order valence-corrected chi connectivity index (χ3v) is 6.27. The van der Waals surface area contributed by atoms with Gasteiger partial charge in [0.2, 0.25) is 17.7 Å². The summed E-state index contributed by atoms with van der Waals surface area (Å²) in [5.41, 5.74) is 0. The Morgan fingerprint density at radius 2 is 1.84 bits per heavy atom. The maximum absolute atomic E-state index is 12.0. The van der Waals surface area contributed by atoms with Gasteiger partial charge in [0, 0.05) is 19.6 Å². The molecule has 0 bridgehead atoms. The molecule has 4 amide bonds. The minimum absolute atomic E-state index is 0.0442. The summed E-state index contributed by atoms with van der Waals surface area (Å²) in [6.45, 7) is 4.55. The maximum atomic E-state index is 12.0. The number of amides is 4. The topological polar surface area (TPSA) is 95.6 Å². The van der Waals surface area contributed by atoms with Crippen LogP contribution in [0.25, 0.3) is 0 Å². The normalized spacial score (nSPS) is 19.7. The highest BCUT2D eigenvalue weighted by molar-refractivity contribution is 8.16. The van der Waals surface area contributed by atoms with Gasteiger partial charge < -0.3 is 10.6 Å². The Balaban J connectivity index is 1.54. The fraction of sp³-hybridized carbons (Fsp3) is 0.750. The third-order valence-electron chi connectivity index (χ3n) is 4.26. The Bertz CT molecular complexity index is 549. The molecule has 0 radical (unpaired) electrons. The monoisotopic (exact) mass is 387 g/mol. The molecule has 1 saturated heterocycles. The van der Waals surface area contributed by atoms with Crippen molar-refractivity contribution in [2.75, 3.05) is 31.1 Å². The summed E-state index contributed by atoms with van der Waals surface area (Å²) in [6.07, 6.45) is 3.63. The van der Waals surface area contributed by atoms with E-state index in [4.69, 9.17) is 0 Å². The van der Waals surface area contributed by atoms with Gasteiger partial charge in [-0.1, -0.05) is 6.42 Å². The van der Waals surface area contributed by atoms with Gasteiger partial charge in [0.25, 0.3) is 5.24 Å². The third kappa shape index (κ3) is 5.91. The zero-order valence-corrected chi connectivity index (χ0v) is 16.3. The summed E-state index contributed by atoms with van der Waals surface area (Å²) >= 11 is 2.26. The summed E-state index contributed by atoms with van der Waals surface area (Å²) in [5, 5.41) is 5.28. The van der Waals surface area contributed by atoms with Crippen LogP contribution in [0, 0.1) is 5.92 Å². The Kier molecular flexibility index (Phi) is 7.18. The lowest BCUT2D eigenvalue weighted by Crippen LogP contribution is -2.41. The summed E-state index contributed by atoms with van der Waals surface area (Å²) in [6, 6.07) is 0. The molecule has 140 valence electrons. The molecule has 7 nitrogen and oxygen atoms in total. The number of imide groups is 1. The Labute approximate surface area is 156 Å². The number of hydrogen-bond acceptors (Lipinski definition) is 6. The molecular formula is C16H25N3O4S2. The van der Waals surface area contributed by atoms with E-state index in [1.807, 2.05) is 0 Å². The van der Waals surface area contributed by atoms with E-state index in [0.29, 0.717) is 5.92 Å². The number of thioether (sulfide) groups is 2. The van der Waals surface area contributed by atoms with E-state index < -0.39 is 4.75 Å². The van der Waals surface area contributed by atoms with Crippen LogP contribution in [0.1, 0.15) is 33.1 Å². The SMILES string of the molecule is CC1(C)SC(=O)N(CCNC(=O)CSCC(=O)NCC2CCC2)C1=O. The van der Waals surface area contributed by atoms with Crippen LogP contribution in [-0.4, -0.2) is 63.7 Å². The number of carbonyl (C=O) groups excluding carboxylic acids is 4. The maximum Gasteiger partial charge on any atom is 0.289 e.